The van der Waals surface area contributed by atoms with Crippen molar-refractivity contribution in [3.05, 3.63) is 48.2 Å². The quantitative estimate of drug-likeness (QED) is 0.735. The molecule has 0 spiro atoms. The second-order valence-electron chi connectivity index (χ2n) is 6.80. The molecule has 0 unspecified atom stereocenters. The lowest BCUT2D eigenvalue weighted by Gasteiger charge is -2.31. The Morgan fingerprint density at radius 2 is 2.12 bits per heavy atom. The number of aliphatic hydroxyl groups is 1. The number of carbonyl (C=O) groups is 1. The Bertz CT molecular complexity index is 733. The lowest BCUT2D eigenvalue weighted by molar-refractivity contribution is 0.0930. The van der Waals surface area contributed by atoms with Crippen LogP contribution < -0.4 is 11.1 Å². The summed E-state index contributed by atoms with van der Waals surface area (Å²) in [6, 6.07) is 10.9. The number of hydrogen-bond acceptors (Lipinski definition) is 5. The Hall–Kier alpha value is -2.44. The molecule has 4 N–H and O–H groups in total. The van der Waals surface area contributed by atoms with Gasteiger partial charge in [-0.3, -0.25) is 9.78 Å². The third-order valence-electron chi connectivity index (χ3n) is 4.80. The van der Waals surface area contributed by atoms with Gasteiger partial charge in [-0.25, -0.2) is 0 Å². The van der Waals surface area contributed by atoms with E-state index in [-0.39, 0.29) is 12.5 Å². The first-order valence-electron chi connectivity index (χ1n) is 9.09. The number of hydrogen-bond donors (Lipinski definition) is 3. The van der Waals surface area contributed by atoms with E-state index in [4.69, 9.17) is 5.73 Å². The molecule has 0 radical (unpaired) electrons. The van der Waals surface area contributed by atoms with E-state index < -0.39 is 0 Å². The molecule has 0 aliphatic carbocycles. The molecule has 26 heavy (non-hydrogen) atoms. The van der Waals surface area contributed by atoms with Crippen molar-refractivity contribution < 1.29 is 9.90 Å². The van der Waals surface area contributed by atoms with Crippen LogP contribution in [0.4, 0.5) is 5.69 Å². The molecule has 1 atom stereocenters. The zero-order chi connectivity index (χ0) is 18.4. The van der Waals surface area contributed by atoms with Gasteiger partial charge in [0.15, 0.2) is 0 Å². The Labute approximate surface area is 154 Å². The van der Waals surface area contributed by atoms with E-state index in [1.165, 1.54) is 0 Å². The normalized spacial score (nSPS) is 17.8. The minimum absolute atomic E-state index is 0.0761. The topological polar surface area (TPSA) is 91.5 Å². The number of aliphatic hydroxyl groups excluding tert-OH is 1. The number of amides is 1. The maximum absolute atomic E-state index is 12.3. The molecule has 6 nitrogen and oxygen atoms in total. The van der Waals surface area contributed by atoms with Crippen molar-refractivity contribution in [3.8, 4) is 11.3 Å². The van der Waals surface area contributed by atoms with Crippen LogP contribution in [0.1, 0.15) is 23.2 Å². The summed E-state index contributed by atoms with van der Waals surface area (Å²) in [4.78, 5) is 18.9. The fourth-order valence-electron chi connectivity index (χ4n) is 3.33. The van der Waals surface area contributed by atoms with Gasteiger partial charge in [0.25, 0.3) is 5.91 Å². The molecule has 1 aliphatic rings. The molecule has 2 heterocycles. The van der Waals surface area contributed by atoms with Gasteiger partial charge in [-0.05, 0) is 49.6 Å². The zero-order valence-corrected chi connectivity index (χ0v) is 14.9. The number of rotatable bonds is 6. The van der Waals surface area contributed by atoms with Crippen LogP contribution in [0, 0.1) is 5.92 Å². The van der Waals surface area contributed by atoms with Crippen LogP contribution in [-0.2, 0) is 0 Å². The molecule has 0 bridgehead atoms. The van der Waals surface area contributed by atoms with Crippen molar-refractivity contribution in [2.24, 2.45) is 5.92 Å². The minimum atomic E-state index is -0.0761. The molecule has 3 rings (SSSR count). The maximum Gasteiger partial charge on any atom is 0.251 e. The van der Waals surface area contributed by atoms with Gasteiger partial charge in [0.05, 0.1) is 5.69 Å². The smallest absolute Gasteiger partial charge is 0.251 e. The highest BCUT2D eigenvalue weighted by molar-refractivity contribution is 5.94. The number of benzene rings is 1. The number of carbonyl (C=O) groups excluding carboxylic acids is 1. The zero-order valence-electron chi connectivity index (χ0n) is 14.9. The average molecular weight is 354 g/mol. The number of anilines is 1. The summed E-state index contributed by atoms with van der Waals surface area (Å²) >= 11 is 0. The summed E-state index contributed by atoms with van der Waals surface area (Å²) in [5, 5.41) is 12.3. The number of nitrogens with one attached hydrogen (secondary N) is 1. The fourth-order valence-corrected chi connectivity index (χ4v) is 3.33. The van der Waals surface area contributed by atoms with Crippen LogP contribution >= 0.6 is 0 Å². The number of nitrogen functional groups attached to an aromatic ring is 1. The molecule has 0 saturated carbocycles. The summed E-state index contributed by atoms with van der Waals surface area (Å²) in [5.74, 6) is 0.292. The third-order valence-corrected chi connectivity index (χ3v) is 4.80. The van der Waals surface area contributed by atoms with E-state index in [1.54, 1.807) is 24.4 Å². The van der Waals surface area contributed by atoms with Gasteiger partial charge in [-0.15, -0.1) is 0 Å². The van der Waals surface area contributed by atoms with Crippen molar-refractivity contribution in [1.82, 2.24) is 15.2 Å². The van der Waals surface area contributed by atoms with Crippen molar-refractivity contribution >= 4 is 11.6 Å². The van der Waals surface area contributed by atoms with E-state index in [9.17, 15) is 9.90 Å². The minimum Gasteiger partial charge on any atom is -0.399 e. The Kier molecular flexibility index (Phi) is 6.20. The van der Waals surface area contributed by atoms with Gasteiger partial charge in [0.2, 0.25) is 0 Å². The second kappa shape index (κ2) is 8.78. The van der Waals surface area contributed by atoms with Gasteiger partial charge in [-0.2, -0.15) is 0 Å². The highest BCUT2D eigenvalue weighted by Crippen LogP contribution is 2.19. The number of nitrogens with zero attached hydrogens (tertiary/aromatic N) is 2. The first-order valence-corrected chi connectivity index (χ1v) is 9.09. The highest BCUT2D eigenvalue weighted by Gasteiger charge is 2.18. The maximum atomic E-state index is 12.3. The molecule has 1 aromatic heterocycles. The summed E-state index contributed by atoms with van der Waals surface area (Å²) in [5.41, 5.74) is 8.80. The van der Waals surface area contributed by atoms with Gasteiger partial charge in [0.1, 0.15) is 0 Å². The van der Waals surface area contributed by atoms with Crippen molar-refractivity contribution in [3.63, 3.8) is 0 Å². The van der Waals surface area contributed by atoms with E-state index in [0.717, 1.165) is 43.7 Å². The van der Waals surface area contributed by atoms with Crippen LogP contribution in [-0.4, -0.2) is 53.7 Å². The number of likely N-dealkylation sites (tertiary alicyclic amines) is 1. The van der Waals surface area contributed by atoms with Crippen molar-refractivity contribution in [2.45, 2.75) is 12.8 Å². The van der Waals surface area contributed by atoms with Gasteiger partial charge >= 0.3 is 0 Å². The number of piperidine rings is 1. The summed E-state index contributed by atoms with van der Waals surface area (Å²) in [6.07, 6.45) is 3.87. The molecule has 1 fully saturated rings. The predicted octanol–water partition coefficient (Wildman–Crippen LogP) is 1.76. The Morgan fingerprint density at radius 1 is 1.31 bits per heavy atom. The largest absolute Gasteiger partial charge is 0.399 e. The van der Waals surface area contributed by atoms with Crippen LogP contribution in [0.3, 0.4) is 0 Å². The summed E-state index contributed by atoms with van der Waals surface area (Å²) < 4.78 is 0. The molecule has 1 amide bonds. The SMILES string of the molecule is Nc1ccnc(-c2ccc(C(=O)NCCN3CCC[C@@H](CO)C3)cc2)c1. The van der Waals surface area contributed by atoms with Gasteiger partial charge < -0.3 is 21.1 Å². The van der Waals surface area contributed by atoms with Crippen LogP contribution in [0.5, 0.6) is 0 Å². The molecule has 1 aliphatic heterocycles. The highest BCUT2D eigenvalue weighted by atomic mass is 16.3. The molecule has 6 heteroatoms. The summed E-state index contributed by atoms with van der Waals surface area (Å²) in [6.45, 7) is 3.61. The number of nitrogens with two attached hydrogens (primary N) is 1. The van der Waals surface area contributed by atoms with Crippen LogP contribution in [0.15, 0.2) is 42.6 Å². The van der Waals surface area contributed by atoms with Crippen molar-refractivity contribution in [1.29, 1.82) is 0 Å². The van der Waals surface area contributed by atoms with Crippen LogP contribution in [0.2, 0.25) is 0 Å². The summed E-state index contributed by atoms with van der Waals surface area (Å²) in [7, 11) is 0. The molecule has 1 saturated heterocycles. The second-order valence-corrected chi connectivity index (χ2v) is 6.80. The Morgan fingerprint density at radius 3 is 2.85 bits per heavy atom. The van der Waals surface area contributed by atoms with Gasteiger partial charge in [-0.1, -0.05) is 12.1 Å². The molecule has 1 aromatic carbocycles. The van der Waals surface area contributed by atoms with E-state index >= 15 is 0 Å². The number of aromatic nitrogens is 1. The van der Waals surface area contributed by atoms with E-state index in [1.807, 2.05) is 18.2 Å². The first kappa shape index (κ1) is 18.4. The lowest BCUT2D eigenvalue weighted by Crippen LogP contribution is -2.41. The molecular formula is C20H26N4O2. The third kappa shape index (κ3) is 4.80. The standard InChI is InChI=1S/C20H26N4O2/c21-18-7-8-22-19(12-18)16-3-5-17(6-4-16)20(26)23-9-11-24-10-1-2-15(13-24)14-25/h3-8,12,15,25H,1-2,9-11,13-14H2,(H2,21,22)(H,23,26)/t15-/m1/s1. The lowest BCUT2D eigenvalue weighted by atomic mass is 9.99. The monoisotopic (exact) mass is 354 g/mol. The molecular weight excluding hydrogens is 328 g/mol. The fraction of sp³-hybridized carbons (Fsp3) is 0.400. The Balaban J connectivity index is 1.50. The van der Waals surface area contributed by atoms with Crippen LogP contribution in [0.25, 0.3) is 11.3 Å². The molecule has 2 aromatic rings. The molecule has 138 valence electrons. The first-order chi connectivity index (χ1) is 12.7. The van der Waals surface area contributed by atoms with Gasteiger partial charge in [0, 0.05) is 49.3 Å². The number of pyridine rings is 1. The van der Waals surface area contributed by atoms with Crippen molar-refractivity contribution in [2.75, 3.05) is 38.5 Å². The van der Waals surface area contributed by atoms with E-state index in [0.29, 0.717) is 23.7 Å². The average Bonchev–Trinajstić information content (AvgIpc) is 2.68. The van der Waals surface area contributed by atoms with E-state index in [2.05, 4.69) is 15.2 Å². The predicted molar refractivity (Wildman–Crippen MR) is 103 cm³/mol.